The molecule has 5 aliphatic rings. The highest BCUT2D eigenvalue weighted by Gasteiger charge is 2.76. The van der Waals surface area contributed by atoms with Gasteiger partial charge in [-0.3, -0.25) is 0 Å². The largest absolute Gasteiger partial charge is 0.456 e. The number of para-hydroxylation sites is 2. The van der Waals surface area contributed by atoms with Crippen LogP contribution in [0.3, 0.4) is 0 Å². The van der Waals surface area contributed by atoms with Gasteiger partial charge in [0, 0.05) is 56.8 Å². The molecular formula is C48H56NO+. The Hall–Kier alpha value is -3.39. The third-order valence-corrected chi connectivity index (χ3v) is 14.9. The molecule has 0 bridgehead atoms. The van der Waals surface area contributed by atoms with Crippen molar-refractivity contribution < 1.29 is 8.98 Å². The van der Waals surface area contributed by atoms with Crippen LogP contribution in [-0.2, 0) is 11.0 Å². The van der Waals surface area contributed by atoms with Gasteiger partial charge in [-0.05, 0) is 78.5 Å². The number of pyridine rings is 1. The van der Waals surface area contributed by atoms with Crippen molar-refractivity contribution in [3.63, 3.8) is 0 Å². The highest BCUT2D eigenvalue weighted by atomic mass is 16.3. The molecule has 3 aromatic carbocycles. The standard InChI is InChI=1S/C48H56NO/c1-28(2)35-27-38-41-36(26-25-34-44(41)47(5,6)45-33-22-14-16-24-39(33)50-46(34)45)48(49(38)37-23-15-13-21-32(35)37)42(30-17-9-7-10-18-30)40(29(3)4)43(48)31-19-11-8-12-20-31/h13-16,21-31,40,42-43H,7-12,17-20H2,1-6H3/q+1. The van der Waals surface area contributed by atoms with E-state index in [-0.39, 0.29) is 11.0 Å². The summed E-state index contributed by atoms with van der Waals surface area (Å²) in [5.41, 5.74) is 12.7. The third-order valence-electron chi connectivity index (χ3n) is 14.9. The maximum absolute atomic E-state index is 6.82. The third kappa shape index (κ3) is 3.89. The van der Waals surface area contributed by atoms with Crippen LogP contribution in [0.1, 0.15) is 134 Å². The van der Waals surface area contributed by atoms with E-state index < -0.39 is 0 Å². The topological polar surface area (TPSA) is 17.0 Å². The Morgan fingerprint density at radius 2 is 1.32 bits per heavy atom. The van der Waals surface area contributed by atoms with E-state index in [1.54, 1.807) is 11.1 Å². The van der Waals surface area contributed by atoms with Crippen molar-refractivity contribution in [2.45, 2.75) is 123 Å². The molecule has 3 heterocycles. The quantitative estimate of drug-likeness (QED) is 0.175. The fraction of sp³-hybridized carbons (Fsp3) is 0.521. The lowest BCUT2D eigenvalue weighted by Crippen LogP contribution is -2.77. The van der Waals surface area contributed by atoms with Crippen molar-refractivity contribution in [3.05, 3.63) is 89.0 Å². The Morgan fingerprint density at radius 3 is 1.96 bits per heavy atom. The van der Waals surface area contributed by atoms with Crippen LogP contribution in [0, 0.1) is 35.5 Å². The fourth-order valence-corrected chi connectivity index (χ4v) is 13.3. The molecule has 1 aliphatic heterocycles. The summed E-state index contributed by atoms with van der Waals surface area (Å²) < 4.78 is 9.85. The highest BCUT2D eigenvalue weighted by Crippen LogP contribution is 2.71. The van der Waals surface area contributed by atoms with E-state index in [4.69, 9.17) is 4.42 Å². The monoisotopic (exact) mass is 662 g/mol. The van der Waals surface area contributed by atoms with Crippen LogP contribution in [-0.4, -0.2) is 0 Å². The zero-order valence-electron chi connectivity index (χ0n) is 31.3. The highest BCUT2D eigenvalue weighted by molar-refractivity contribution is 5.98. The summed E-state index contributed by atoms with van der Waals surface area (Å²) in [5.74, 6) is 5.89. The minimum absolute atomic E-state index is 0.0182. The Kier molecular flexibility index (Phi) is 6.93. The fourth-order valence-electron chi connectivity index (χ4n) is 13.3. The average molecular weight is 663 g/mol. The van der Waals surface area contributed by atoms with Gasteiger partial charge in [0.1, 0.15) is 11.3 Å². The van der Waals surface area contributed by atoms with Crippen molar-refractivity contribution in [2.75, 3.05) is 0 Å². The summed E-state index contributed by atoms with van der Waals surface area (Å²) in [6, 6.07) is 26.1. The second kappa shape index (κ2) is 11.1. The number of benzene rings is 3. The number of hydrogen-bond acceptors (Lipinski definition) is 1. The number of nitrogens with zero attached hydrogens (tertiary/aromatic N) is 1. The Labute approximate surface area is 299 Å². The molecule has 4 aliphatic carbocycles. The first kappa shape index (κ1) is 31.4. The van der Waals surface area contributed by atoms with Gasteiger partial charge >= 0.3 is 0 Å². The molecule has 2 nitrogen and oxygen atoms in total. The van der Waals surface area contributed by atoms with Crippen LogP contribution in [0.2, 0.25) is 0 Å². The van der Waals surface area contributed by atoms with E-state index >= 15 is 0 Å². The van der Waals surface area contributed by atoms with E-state index in [1.165, 1.54) is 108 Å². The van der Waals surface area contributed by atoms with Crippen molar-refractivity contribution in [1.82, 2.24) is 0 Å². The Bertz CT molecular complexity index is 2120. The molecule has 2 unspecified atom stereocenters. The predicted octanol–water partition coefficient (Wildman–Crippen LogP) is 12.7. The van der Waals surface area contributed by atoms with Crippen molar-refractivity contribution in [3.8, 4) is 22.6 Å². The van der Waals surface area contributed by atoms with Crippen LogP contribution < -0.4 is 4.57 Å². The van der Waals surface area contributed by atoms with Crippen molar-refractivity contribution >= 4 is 21.9 Å². The van der Waals surface area contributed by atoms with Gasteiger partial charge < -0.3 is 4.42 Å². The van der Waals surface area contributed by atoms with Gasteiger partial charge in [-0.1, -0.05) is 123 Å². The molecule has 258 valence electrons. The van der Waals surface area contributed by atoms with Gasteiger partial charge in [0.15, 0.2) is 0 Å². The van der Waals surface area contributed by atoms with Crippen LogP contribution in [0.15, 0.2) is 71.1 Å². The molecule has 0 radical (unpaired) electrons. The lowest BCUT2D eigenvalue weighted by molar-refractivity contribution is -0.758. The molecule has 10 rings (SSSR count). The molecule has 0 amide bonds. The maximum Gasteiger partial charge on any atom is 0.214 e. The minimum Gasteiger partial charge on any atom is -0.456 e. The summed E-state index contributed by atoms with van der Waals surface area (Å²) in [5, 5.41) is 2.74. The number of furan rings is 1. The van der Waals surface area contributed by atoms with Gasteiger partial charge in [0.25, 0.3) is 0 Å². The molecule has 5 aromatic rings. The van der Waals surface area contributed by atoms with Gasteiger partial charge in [0.2, 0.25) is 16.7 Å². The number of rotatable bonds is 4. The molecule has 0 saturated heterocycles. The first-order valence-corrected chi connectivity index (χ1v) is 20.4. The summed E-state index contributed by atoms with van der Waals surface area (Å²) in [4.78, 5) is 0. The van der Waals surface area contributed by atoms with E-state index in [0.29, 0.717) is 23.7 Å². The molecule has 0 N–H and O–H groups in total. The van der Waals surface area contributed by atoms with Gasteiger partial charge in [-0.25, -0.2) is 0 Å². The average Bonchev–Trinajstić information content (AvgIpc) is 3.73. The predicted molar refractivity (Wildman–Crippen MR) is 207 cm³/mol. The zero-order valence-corrected chi connectivity index (χ0v) is 31.3. The molecule has 1 spiro atoms. The molecule has 50 heavy (non-hydrogen) atoms. The van der Waals surface area contributed by atoms with Gasteiger partial charge in [-0.15, -0.1) is 0 Å². The SMILES string of the molecule is CC(C)c1cc2[n+](c3ccccc13)C1(c3ccc4c(c3-2)C(C)(C)c2c-4oc3ccccc23)C(C2CCCCC2)C(C(C)C)C1C1CCCCC1. The van der Waals surface area contributed by atoms with Crippen LogP contribution in [0.4, 0.5) is 0 Å². The van der Waals surface area contributed by atoms with Crippen LogP contribution in [0.25, 0.3) is 44.5 Å². The Balaban J connectivity index is 1.35. The molecular weight excluding hydrogens is 607 g/mol. The van der Waals surface area contributed by atoms with Gasteiger partial charge in [0.05, 0.1) is 5.56 Å². The van der Waals surface area contributed by atoms with E-state index in [9.17, 15) is 0 Å². The van der Waals surface area contributed by atoms with Crippen molar-refractivity contribution in [2.24, 2.45) is 35.5 Å². The summed E-state index contributed by atoms with van der Waals surface area (Å²) in [6.45, 7) is 15.0. The van der Waals surface area contributed by atoms with E-state index in [0.717, 1.165) is 29.1 Å². The number of aromatic nitrogens is 1. The minimum atomic E-state index is -0.169. The van der Waals surface area contributed by atoms with Crippen LogP contribution in [0.5, 0.6) is 0 Å². The van der Waals surface area contributed by atoms with E-state index in [1.807, 2.05) is 0 Å². The smallest absolute Gasteiger partial charge is 0.214 e. The van der Waals surface area contributed by atoms with Gasteiger partial charge in [-0.2, -0.15) is 4.57 Å². The summed E-state index contributed by atoms with van der Waals surface area (Å²) in [6.07, 6.45) is 14.0. The van der Waals surface area contributed by atoms with E-state index in [2.05, 4.69) is 113 Å². The summed E-state index contributed by atoms with van der Waals surface area (Å²) in [7, 11) is 0. The summed E-state index contributed by atoms with van der Waals surface area (Å²) >= 11 is 0. The van der Waals surface area contributed by atoms with Crippen LogP contribution >= 0.6 is 0 Å². The number of hydrogen-bond donors (Lipinski definition) is 0. The second-order valence-corrected chi connectivity index (χ2v) is 18.3. The number of fused-ring (bicyclic) bond motifs is 13. The van der Waals surface area contributed by atoms with Crippen molar-refractivity contribution in [1.29, 1.82) is 0 Å². The first-order valence-electron chi connectivity index (χ1n) is 20.4. The molecule has 3 saturated carbocycles. The second-order valence-electron chi connectivity index (χ2n) is 18.3. The lowest BCUT2D eigenvalue weighted by Gasteiger charge is -2.63. The maximum atomic E-state index is 6.82. The normalized spacial score (nSPS) is 27.2. The first-order chi connectivity index (χ1) is 24.3. The zero-order chi connectivity index (χ0) is 34.1. The molecule has 3 fully saturated rings. The molecule has 2 aromatic heterocycles. The molecule has 2 atom stereocenters. The molecule has 2 heteroatoms. The Morgan fingerprint density at radius 1 is 0.700 bits per heavy atom. The lowest BCUT2D eigenvalue weighted by atomic mass is 9.39.